The van der Waals surface area contributed by atoms with Gasteiger partial charge in [-0.1, -0.05) is 5.16 Å². The zero-order valence-electron chi connectivity index (χ0n) is 10.3. The number of rotatable bonds is 3. The molecule has 1 fully saturated rings. The van der Waals surface area contributed by atoms with Crippen molar-refractivity contribution in [3.8, 4) is 0 Å². The van der Waals surface area contributed by atoms with Gasteiger partial charge in [-0.3, -0.25) is 14.5 Å². The molecule has 2 rings (SSSR count). The summed E-state index contributed by atoms with van der Waals surface area (Å²) in [6, 6.07) is 0.655. The van der Waals surface area contributed by atoms with E-state index in [1.54, 1.807) is 26.8 Å². The van der Waals surface area contributed by atoms with Gasteiger partial charge in [0.05, 0.1) is 6.54 Å². The number of imide groups is 2. The van der Waals surface area contributed by atoms with E-state index >= 15 is 0 Å². The van der Waals surface area contributed by atoms with Crippen LogP contribution in [0.15, 0.2) is 10.6 Å². The van der Waals surface area contributed by atoms with Crippen LogP contribution in [0.3, 0.4) is 0 Å². The number of hydrogen-bond acceptors (Lipinski definition) is 5. The summed E-state index contributed by atoms with van der Waals surface area (Å²) in [7, 11) is 0. The van der Waals surface area contributed by atoms with Crippen molar-refractivity contribution in [1.82, 2.24) is 15.0 Å². The maximum Gasteiger partial charge on any atom is 0.334 e. The molecular weight excluding hydrogens is 238 g/mol. The number of aryl methyl sites for hydroxylation is 1. The maximum absolute atomic E-state index is 11.9. The fourth-order valence-corrected chi connectivity index (χ4v) is 1.77. The Morgan fingerprint density at radius 3 is 2.39 bits per heavy atom. The normalized spacial score (nSPS) is 16.3. The lowest BCUT2D eigenvalue weighted by Gasteiger charge is -2.17. The van der Waals surface area contributed by atoms with Crippen molar-refractivity contribution in [2.24, 2.45) is 0 Å². The third-order valence-corrected chi connectivity index (χ3v) is 2.60. The molecule has 1 saturated heterocycles. The number of carbonyl (C=O) groups is 3. The molecule has 0 unspecified atom stereocenters. The summed E-state index contributed by atoms with van der Waals surface area (Å²) in [6.07, 6.45) is 0. The number of urea groups is 1. The highest BCUT2D eigenvalue weighted by Gasteiger charge is 2.45. The van der Waals surface area contributed by atoms with Crippen LogP contribution in [0.25, 0.3) is 0 Å². The van der Waals surface area contributed by atoms with Crippen molar-refractivity contribution in [2.75, 3.05) is 0 Å². The molecule has 2 heterocycles. The number of nitrogens with zero attached hydrogens (tertiary/aromatic N) is 3. The molecule has 1 aromatic rings. The van der Waals surface area contributed by atoms with Gasteiger partial charge in [0.25, 0.3) is 0 Å². The van der Waals surface area contributed by atoms with Crippen molar-refractivity contribution in [2.45, 2.75) is 33.4 Å². The zero-order chi connectivity index (χ0) is 13.4. The highest BCUT2D eigenvalue weighted by Crippen LogP contribution is 2.18. The van der Waals surface area contributed by atoms with Gasteiger partial charge in [0.1, 0.15) is 11.5 Å². The third-order valence-electron chi connectivity index (χ3n) is 2.60. The summed E-state index contributed by atoms with van der Waals surface area (Å²) in [6.45, 7) is 5.00. The molecule has 96 valence electrons. The monoisotopic (exact) mass is 251 g/mol. The Hall–Kier alpha value is -2.18. The Labute approximate surface area is 103 Å². The Kier molecular flexibility index (Phi) is 2.90. The molecule has 7 nitrogen and oxygen atoms in total. The smallest absolute Gasteiger partial charge is 0.334 e. The van der Waals surface area contributed by atoms with Gasteiger partial charge in [-0.15, -0.1) is 0 Å². The second-order valence-corrected chi connectivity index (χ2v) is 4.37. The lowest BCUT2D eigenvalue weighted by Crippen LogP contribution is -2.37. The molecule has 7 heteroatoms. The number of aromatic nitrogens is 1. The second kappa shape index (κ2) is 4.25. The lowest BCUT2D eigenvalue weighted by atomic mass is 10.3. The van der Waals surface area contributed by atoms with E-state index < -0.39 is 17.8 Å². The molecule has 1 aromatic heterocycles. The summed E-state index contributed by atoms with van der Waals surface area (Å²) in [5, 5.41) is 3.69. The second-order valence-electron chi connectivity index (χ2n) is 4.37. The van der Waals surface area contributed by atoms with Crippen molar-refractivity contribution in [1.29, 1.82) is 0 Å². The van der Waals surface area contributed by atoms with Crippen LogP contribution in [0.1, 0.15) is 25.3 Å². The van der Waals surface area contributed by atoms with Gasteiger partial charge < -0.3 is 4.52 Å². The van der Waals surface area contributed by atoms with Gasteiger partial charge in [0, 0.05) is 12.1 Å². The molecule has 0 spiro atoms. The van der Waals surface area contributed by atoms with Crippen molar-refractivity contribution >= 4 is 17.8 Å². The molecule has 0 N–H and O–H groups in total. The Morgan fingerprint density at radius 1 is 1.28 bits per heavy atom. The molecule has 0 aromatic carbocycles. The van der Waals surface area contributed by atoms with Gasteiger partial charge in [-0.05, 0) is 20.8 Å². The minimum Gasteiger partial charge on any atom is -0.361 e. The van der Waals surface area contributed by atoms with Gasteiger partial charge in [-0.2, -0.15) is 0 Å². The first-order chi connectivity index (χ1) is 8.41. The predicted molar refractivity (Wildman–Crippen MR) is 59.2 cm³/mol. The van der Waals surface area contributed by atoms with Crippen LogP contribution >= 0.6 is 0 Å². The maximum atomic E-state index is 11.9. The molecule has 1 aliphatic rings. The molecular formula is C11H13N3O4. The summed E-state index contributed by atoms with van der Waals surface area (Å²) >= 11 is 0. The van der Waals surface area contributed by atoms with E-state index in [2.05, 4.69) is 5.16 Å². The fraction of sp³-hybridized carbons (Fsp3) is 0.455. The van der Waals surface area contributed by atoms with Gasteiger partial charge in [0.2, 0.25) is 0 Å². The SMILES string of the molecule is Cc1cc(CN2C(=O)C(=O)N(C(C)C)C2=O)no1. The van der Waals surface area contributed by atoms with E-state index in [1.807, 2.05) is 0 Å². The minimum absolute atomic E-state index is 0.0516. The van der Waals surface area contributed by atoms with Crippen LogP contribution in [-0.4, -0.2) is 38.8 Å². The van der Waals surface area contributed by atoms with Crippen LogP contribution < -0.4 is 0 Å². The van der Waals surface area contributed by atoms with Crippen LogP contribution in [0, 0.1) is 6.92 Å². The van der Waals surface area contributed by atoms with Crippen LogP contribution in [0.2, 0.25) is 0 Å². The molecule has 18 heavy (non-hydrogen) atoms. The molecule has 0 aliphatic carbocycles. The largest absolute Gasteiger partial charge is 0.361 e. The molecule has 0 atom stereocenters. The number of amides is 4. The average molecular weight is 251 g/mol. The predicted octanol–water partition coefficient (Wildman–Crippen LogP) is 0.682. The van der Waals surface area contributed by atoms with Crippen molar-refractivity contribution in [3.63, 3.8) is 0 Å². The summed E-state index contributed by atoms with van der Waals surface area (Å²) in [5.41, 5.74) is 0.438. The van der Waals surface area contributed by atoms with E-state index in [1.165, 1.54) is 0 Å². The van der Waals surface area contributed by atoms with Crippen molar-refractivity contribution in [3.05, 3.63) is 17.5 Å². The number of hydrogen-bond donors (Lipinski definition) is 0. The van der Waals surface area contributed by atoms with E-state index in [-0.39, 0.29) is 12.6 Å². The highest BCUT2D eigenvalue weighted by molar-refractivity contribution is 6.44. The summed E-state index contributed by atoms with van der Waals surface area (Å²) < 4.78 is 4.85. The Bertz CT molecular complexity index is 520. The average Bonchev–Trinajstić information content (AvgIpc) is 2.77. The zero-order valence-corrected chi connectivity index (χ0v) is 10.3. The first-order valence-corrected chi connectivity index (χ1v) is 5.53. The van der Waals surface area contributed by atoms with E-state index in [0.29, 0.717) is 11.5 Å². The first-order valence-electron chi connectivity index (χ1n) is 5.53. The van der Waals surface area contributed by atoms with E-state index in [4.69, 9.17) is 4.52 Å². The molecule has 1 aliphatic heterocycles. The van der Waals surface area contributed by atoms with E-state index in [9.17, 15) is 14.4 Å². The first kappa shape index (κ1) is 12.3. The summed E-state index contributed by atoms with van der Waals surface area (Å²) in [4.78, 5) is 37.1. The standard InChI is InChI=1S/C11H13N3O4/c1-6(2)14-10(16)9(15)13(11(14)17)5-8-4-7(3)18-12-8/h4,6H,5H2,1-3H3. The van der Waals surface area contributed by atoms with Gasteiger partial charge in [-0.25, -0.2) is 9.69 Å². The van der Waals surface area contributed by atoms with E-state index in [0.717, 1.165) is 9.80 Å². The third kappa shape index (κ3) is 1.87. The molecule has 0 bridgehead atoms. The van der Waals surface area contributed by atoms with Gasteiger partial charge >= 0.3 is 17.8 Å². The number of carbonyl (C=O) groups excluding carboxylic acids is 3. The molecule has 0 saturated carbocycles. The lowest BCUT2D eigenvalue weighted by molar-refractivity contribution is -0.144. The Morgan fingerprint density at radius 2 is 1.94 bits per heavy atom. The van der Waals surface area contributed by atoms with Crippen LogP contribution in [0.5, 0.6) is 0 Å². The topological polar surface area (TPSA) is 83.7 Å². The highest BCUT2D eigenvalue weighted by atomic mass is 16.5. The molecule has 4 amide bonds. The quantitative estimate of drug-likeness (QED) is 0.582. The van der Waals surface area contributed by atoms with Crippen LogP contribution in [0.4, 0.5) is 4.79 Å². The van der Waals surface area contributed by atoms with Gasteiger partial charge in [0.15, 0.2) is 0 Å². The Balaban J connectivity index is 2.21. The molecule has 0 radical (unpaired) electrons. The summed E-state index contributed by atoms with van der Waals surface area (Å²) in [5.74, 6) is -1.04. The van der Waals surface area contributed by atoms with Crippen molar-refractivity contribution < 1.29 is 18.9 Å². The fourth-order valence-electron chi connectivity index (χ4n) is 1.77. The van der Waals surface area contributed by atoms with Crippen LogP contribution in [-0.2, 0) is 16.1 Å². The minimum atomic E-state index is -0.825.